The summed E-state index contributed by atoms with van der Waals surface area (Å²) in [5.74, 6) is -1.40. The van der Waals surface area contributed by atoms with Crippen molar-refractivity contribution in [1.82, 2.24) is 16.2 Å². The fraction of sp³-hybridized carbons (Fsp3) is 0.348. The third-order valence-corrected chi connectivity index (χ3v) is 4.47. The highest BCUT2D eigenvalue weighted by Gasteiger charge is 2.16. The van der Waals surface area contributed by atoms with Crippen molar-refractivity contribution in [2.75, 3.05) is 6.54 Å². The van der Waals surface area contributed by atoms with Crippen LogP contribution in [0.4, 0.5) is 4.39 Å². The van der Waals surface area contributed by atoms with Gasteiger partial charge in [-0.2, -0.15) is 0 Å². The van der Waals surface area contributed by atoms with Crippen LogP contribution in [0.15, 0.2) is 48.5 Å². The zero-order chi connectivity index (χ0) is 23.0. The van der Waals surface area contributed by atoms with Crippen LogP contribution in [0.25, 0.3) is 0 Å². The molecule has 31 heavy (non-hydrogen) atoms. The Bertz CT molecular complexity index is 906. The molecular weight excluding hydrogens is 401 g/mol. The Morgan fingerprint density at radius 3 is 2.16 bits per heavy atom. The SMILES string of the molecule is CC(Oc1ccc(F)cc1)C(=O)NNC(=O)CCNC(=O)c1ccc(C(C)(C)C)cc1. The molecule has 0 saturated heterocycles. The molecule has 0 aliphatic carbocycles. The van der Waals surface area contributed by atoms with Crippen LogP contribution in [0.3, 0.4) is 0 Å². The summed E-state index contributed by atoms with van der Waals surface area (Å²) in [6.45, 7) is 7.89. The van der Waals surface area contributed by atoms with Gasteiger partial charge in [-0.05, 0) is 54.3 Å². The average molecular weight is 429 g/mol. The van der Waals surface area contributed by atoms with E-state index >= 15 is 0 Å². The van der Waals surface area contributed by atoms with Crippen LogP contribution in [0.1, 0.15) is 50.0 Å². The third-order valence-electron chi connectivity index (χ3n) is 4.47. The molecule has 0 spiro atoms. The van der Waals surface area contributed by atoms with E-state index in [1.807, 2.05) is 12.1 Å². The highest BCUT2D eigenvalue weighted by Crippen LogP contribution is 2.22. The average Bonchev–Trinajstić information content (AvgIpc) is 2.73. The van der Waals surface area contributed by atoms with Gasteiger partial charge in [0.05, 0.1) is 0 Å². The molecule has 0 aromatic heterocycles. The van der Waals surface area contributed by atoms with Crippen molar-refractivity contribution >= 4 is 17.7 Å². The molecule has 3 N–H and O–H groups in total. The molecule has 0 aliphatic heterocycles. The molecule has 7 nitrogen and oxygen atoms in total. The summed E-state index contributed by atoms with van der Waals surface area (Å²) < 4.78 is 18.3. The second-order valence-electron chi connectivity index (χ2n) is 8.08. The van der Waals surface area contributed by atoms with Gasteiger partial charge in [0.15, 0.2) is 6.10 Å². The van der Waals surface area contributed by atoms with Gasteiger partial charge in [0.1, 0.15) is 11.6 Å². The molecule has 1 atom stereocenters. The molecule has 0 radical (unpaired) electrons. The zero-order valence-corrected chi connectivity index (χ0v) is 18.1. The Hall–Kier alpha value is -3.42. The fourth-order valence-electron chi connectivity index (χ4n) is 2.58. The zero-order valence-electron chi connectivity index (χ0n) is 18.1. The van der Waals surface area contributed by atoms with Crippen molar-refractivity contribution < 1.29 is 23.5 Å². The minimum atomic E-state index is -0.901. The highest BCUT2D eigenvalue weighted by atomic mass is 19.1. The van der Waals surface area contributed by atoms with E-state index in [0.717, 1.165) is 5.56 Å². The molecule has 0 saturated carbocycles. The highest BCUT2D eigenvalue weighted by molar-refractivity contribution is 5.94. The third kappa shape index (κ3) is 7.73. The molecule has 0 aliphatic rings. The minimum absolute atomic E-state index is 0.000910. The number of nitrogens with one attached hydrogen (secondary N) is 3. The molecule has 0 fully saturated rings. The first kappa shape index (κ1) is 23.9. The van der Waals surface area contributed by atoms with Gasteiger partial charge in [0, 0.05) is 18.5 Å². The Balaban J connectivity index is 1.69. The van der Waals surface area contributed by atoms with E-state index in [-0.39, 0.29) is 24.3 Å². The van der Waals surface area contributed by atoms with Gasteiger partial charge >= 0.3 is 0 Å². The van der Waals surface area contributed by atoms with E-state index in [9.17, 15) is 18.8 Å². The number of rotatable bonds is 7. The van der Waals surface area contributed by atoms with E-state index in [0.29, 0.717) is 11.3 Å². The lowest BCUT2D eigenvalue weighted by molar-refractivity contribution is -0.132. The molecule has 3 amide bonds. The van der Waals surface area contributed by atoms with Gasteiger partial charge in [-0.15, -0.1) is 0 Å². The molecule has 8 heteroatoms. The molecule has 2 aromatic rings. The predicted molar refractivity (Wildman–Crippen MR) is 115 cm³/mol. The number of carbonyl (C=O) groups excluding carboxylic acids is 3. The quantitative estimate of drug-likeness (QED) is 0.590. The molecular formula is C23H28FN3O4. The summed E-state index contributed by atoms with van der Waals surface area (Å²) in [7, 11) is 0. The van der Waals surface area contributed by atoms with Crippen molar-refractivity contribution in [2.45, 2.75) is 45.6 Å². The summed E-state index contributed by atoms with van der Waals surface area (Å²) >= 11 is 0. The maximum atomic E-state index is 12.9. The Labute approximate surface area is 181 Å². The number of hydrogen-bond donors (Lipinski definition) is 3. The van der Waals surface area contributed by atoms with Gasteiger partial charge in [0.2, 0.25) is 5.91 Å². The van der Waals surface area contributed by atoms with Gasteiger partial charge in [-0.3, -0.25) is 25.2 Å². The summed E-state index contributed by atoms with van der Waals surface area (Å²) in [6, 6.07) is 12.5. The van der Waals surface area contributed by atoms with Crippen LogP contribution in [0, 0.1) is 5.82 Å². The summed E-state index contributed by atoms with van der Waals surface area (Å²) in [4.78, 5) is 36.1. The molecule has 1 unspecified atom stereocenters. The summed E-state index contributed by atoms with van der Waals surface area (Å²) in [5.41, 5.74) is 6.15. The van der Waals surface area contributed by atoms with Crippen molar-refractivity contribution in [3.63, 3.8) is 0 Å². The van der Waals surface area contributed by atoms with Crippen LogP contribution >= 0.6 is 0 Å². The van der Waals surface area contributed by atoms with Gasteiger partial charge < -0.3 is 10.1 Å². The van der Waals surface area contributed by atoms with Crippen molar-refractivity contribution in [2.24, 2.45) is 0 Å². The second-order valence-corrected chi connectivity index (χ2v) is 8.08. The van der Waals surface area contributed by atoms with Crippen molar-refractivity contribution in [1.29, 1.82) is 0 Å². The van der Waals surface area contributed by atoms with E-state index in [2.05, 4.69) is 36.9 Å². The van der Waals surface area contributed by atoms with Gasteiger partial charge in [0.25, 0.3) is 11.8 Å². The monoisotopic (exact) mass is 429 g/mol. The first-order valence-electron chi connectivity index (χ1n) is 9.96. The van der Waals surface area contributed by atoms with E-state index in [1.54, 1.807) is 12.1 Å². The Morgan fingerprint density at radius 1 is 0.968 bits per heavy atom. The lowest BCUT2D eigenvalue weighted by atomic mass is 9.87. The number of carbonyl (C=O) groups is 3. The topological polar surface area (TPSA) is 96.5 Å². The van der Waals surface area contributed by atoms with Crippen LogP contribution in [-0.4, -0.2) is 30.4 Å². The van der Waals surface area contributed by atoms with E-state index in [1.165, 1.54) is 31.2 Å². The van der Waals surface area contributed by atoms with Gasteiger partial charge in [-0.25, -0.2) is 4.39 Å². The Kier molecular flexibility index (Phi) is 8.13. The minimum Gasteiger partial charge on any atom is -0.481 e. The van der Waals surface area contributed by atoms with E-state index in [4.69, 9.17) is 4.74 Å². The summed E-state index contributed by atoms with van der Waals surface area (Å²) in [5, 5.41) is 2.67. The Morgan fingerprint density at radius 2 is 1.58 bits per heavy atom. The number of ether oxygens (including phenoxy) is 1. The standard InChI is InChI=1S/C23H28FN3O4/c1-15(31-19-11-9-18(24)10-12-19)21(29)27-26-20(28)13-14-25-22(30)16-5-7-17(8-6-16)23(2,3)4/h5-12,15H,13-14H2,1-4H3,(H,25,30)(H,26,28)(H,27,29). The molecule has 2 rings (SSSR count). The van der Waals surface area contributed by atoms with Crippen LogP contribution in [0.5, 0.6) is 5.75 Å². The molecule has 2 aromatic carbocycles. The summed E-state index contributed by atoms with van der Waals surface area (Å²) in [6.07, 6.45) is -0.916. The lowest BCUT2D eigenvalue weighted by Crippen LogP contribution is -2.47. The largest absolute Gasteiger partial charge is 0.481 e. The lowest BCUT2D eigenvalue weighted by Gasteiger charge is -2.19. The predicted octanol–water partition coefficient (Wildman–Crippen LogP) is 2.86. The van der Waals surface area contributed by atoms with Crippen LogP contribution < -0.4 is 20.9 Å². The van der Waals surface area contributed by atoms with Gasteiger partial charge in [-0.1, -0.05) is 32.9 Å². The second kappa shape index (κ2) is 10.6. The number of hydrogen-bond acceptors (Lipinski definition) is 4. The number of hydrazine groups is 1. The number of halogens is 1. The van der Waals surface area contributed by atoms with Crippen LogP contribution in [-0.2, 0) is 15.0 Å². The first-order chi connectivity index (χ1) is 14.6. The maximum Gasteiger partial charge on any atom is 0.279 e. The first-order valence-corrected chi connectivity index (χ1v) is 9.96. The van der Waals surface area contributed by atoms with Crippen molar-refractivity contribution in [3.8, 4) is 5.75 Å². The van der Waals surface area contributed by atoms with E-state index < -0.39 is 23.7 Å². The fourth-order valence-corrected chi connectivity index (χ4v) is 2.58. The number of amides is 3. The smallest absolute Gasteiger partial charge is 0.279 e. The number of benzene rings is 2. The van der Waals surface area contributed by atoms with Crippen LogP contribution in [0.2, 0.25) is 0 Å². The normalized spacial score (nSPS) is 11.9. The molecule has 0 bridgehead atoms. The molecule has 166 valence electrons. The van der Waals surface area contributed by atoms with Crippen molar-refractivity contribution in [3.05, 3.63) is 65.5 Å². The maximum absolute atomic E-state index is 12.9. The molecule has 0 heterocycles.